The van der Waals surface area contributed by atoms with E-state index >= 15 is 0 Å². The normalized spacial score (nSPS) is 43.7. The van der Waals surface area contributed by atoms with E-state index in [9.17, 15) is 4.79 Å². The number of hydrogen-bond acceptors (Lipinski definition) is 3. The van der Waals surface area contributed by atoms with Gasteiger partial charge >= 0.3 is 0 Å². The molecule has 0 spiro atoms. The van der Waals surface area contributed by atoms with Gasteiger partial charge in [0, 0.05) is 17.3 Å². The number of fused-ring (bicyclic) bond motifs is 2. The van der Waals surface area contributed by atoms with Crippen molar-refractivity contribution in [3.63, 3.8) is 0 Å². The molecule has 3 aliphatic rings. The average Bonchev–Trinajstić information content (AvgIpc) is 3.00. The fourth-order valence-electron chi connectivity index (χ4n) is 4.69. The number of amides is 1. The van der Waals surface area contributed by atoms with Gasteiger partial charge in [-0.05, 0) is 56.1 Å². The predicted molar refractivity (Wildman–Crippen MR) is 84.6 cm³/mol. The molecule has 6 atom stereocenters. The minimum Gasteiger partial charge on any atom is -0.353 e. The van der Waals surface area contributed by atoms with Crippen LogP contribution in [0.15, 0.2) is 0 Å². The fourth-order valence-corrected chi connectivity index (χ4v) is 5.86. The highest BCUT2D eigenvalue weighted by molar-refractivity contribution is 7.99. The van der Waals surface area contributed by atoms with Crippen molar-refractivity contribution in [2.24, 2.45) is 23.5 Å². The summed E-state index contributed by atoms with van der Waals surface area (Å²) in [6.07, 6.45) is 8.54. The van der Waals surface area contributed by atoms with Gasteiger partial charge in [-0.1, -0.05) is 13.3 Å². The molecule has 3 saturated carbocycles. The lowest BCUT2D eigenvalue weighted by atomic mass is 9.83. The highest BCUT2D eigenvalue weighted by atomic mass is 32.2. The third-order valence-electron chi connectivity index (χ3n) is 5.66. The van der Waals surface area contributed by atoms with E-state index in [-0.39, 0.29) is 17.9 Å². The first-order valence-electron chi connectivity index (χ1n) is 8.36. The molecule has 0 saturated heterocycles. The zero-order valence-corrected chi connectivity index (χ0v) is 13.3. The van der Waals surface area contributed by atoms with Crippen LogP contribution in [-0.4, -0.2) is 29.0 Å². The Kier molecular flexibility index (Phi) is 4.61. The number of nitrogens with two attached hydrogens (primary N) is 1. The lowest BCUT2D eigenvalue weighted by Crippen LogP contribution is -2.49. The van der Waals surface area contributed by atoms with Gasteiger partial charge in [0.05, 0.1) is 5.92 Å². The molecule has 3 fully saturated rings. The Hall–Kier alpha value is -0.220. The van der Waals surface area contributed by atoms with Crippen LogP contribution in [0.25, 0.3) is 0 Å². The minimum absolute atomic E-state index is 0.105. The van der Waals surface area contributed by atoms with E-state index in [1.54, 1.807) is 0 Å². The van der Waals surface area contributed by atoms with Gasteiger partial charge in [-0.3, -0.25) is 4.79 Å². The van der Waals surface area contributed by atoms with Gasteiger partial charge in [-0.15, -0.1) is 0 Å². The molecule has 0 aromatic carbocycles. The van der Waals surface area contributed by atoms with Crippen LogP contribution in [0.3, 0.4) is 0 Å². The second-order valence-electron chi connectivity index (χ2n) is 6.89. The summed E-state index contributed by atoms with van der Waals surface area (Å²) in [5.41, 5.74) is 6.28. The van der Waals surface area contributed by atoms with E-state index in [0.29, 0.717) is 17.9 Å². The summed E-state index contributed by atoms with van der Waals surface area (Å²) in [6, 6.07) is 0.518. The minimum atomic E-state index is 0.105. The molecule has 2 bridgehead atoms. The van der Waals surface area contributed by atoms with Crippen molar-refractivity contribution in [1.29, 1.82) is 0 Å². The smallest absolute Gasteiger partial charge is 0.225 e. The van der Waals surface area contributed by atoms with Crippen molar-refractivity contribution in [1.82, 2.24) is 5.32 Å². The molecule has 20 heavy (non-hydrogen) atoms. The maximum Gasteiger partial charge on any atom is 0.225 e. The van der Waals surface area contributed by atoms with E-state index < -0.39 is 0 Å². The SMILES string of the molecule is CCSC1CCCC(NC(=O)C2C3CCC(C3)C2N)C1. The summed E-state index contributed by atoms with van der Waals surface area (Å²) in [7, 11) is 0. The van der Waals surface area contributed by atoms with Crippen molar-refractivity contribution in [2.45, 2.75) is 69.2 Å². The maximum atomic E-state index is 12.6. The van der Waals surface area contributed by atoms with E-state index in [4.69, 9.17) is 5.73 Å². The summed E-state index contributed by atoms with van der Waals surface area (Å²) in [5.74, 6) is 2.73. The number of hydrogen-bond donors (Lipinski definition) is 2. The molecule has 3 N–H and O–H groups in total. The topological polar surface area (TPSA) is 55.1 Å². The van der Waals surface area contributed by atoms with Gasteiger partial charge in [-0.25, -0.2) is 0 Å². The van der Waals surface area contributed by atoms with Crippen molar-refractivity contribution in [3.8, 4) is 0 Å². The molecule has 3 aliphatic carbocycles. The first-order chi connectivity index (χ1) is 9.69. The number of rotatable bonds is 4. The Labute approximate surface area is 126 Å². The first kappa shape index (κ1) is 14.7. The molecule has 0 aromatic heterocycles. The van der Waals surface area contributed by atoms with Crippen LogP contribution in [0.1, 0.15) is 51.9 Å². The van der Waals surface area contributed by atoms with Gasteiger partial charge in [0.2, 0.25) is 5.91 Å². The monoisotopic (exact) mass is 296 g/mol. The quantitative estimate of drug-likeness (QED) is 0.838. The first-order valence-corrected chi connectivity index (χ1v) is 9.41. The molecular weight excluding hydrogens is 268 g/mol. The van der Waals surface area contributed by atoms with E-state index in [1.807, 2.05) is 0 Å². The largest absolute Gasteiger partial charge is 0.353 e. The third kappa shape index (κ3) is 2.87. The van der Waals surface area contributed by atoms with Crippen LogP contribution >= 0.6 is 11.8 Å². The van der Waals surface area contributed by atoms with Crippen molar-refractivity contribution in [2.75, 3.05) is 5.75 Å². The summed E-state index contributed by atoms with van der Waals surface area (Å²) < 4.78 is 0. The molecule has 3 nitrogen and oxygen atoms in total. The number of carbonyl (C=O) groups excluding carboxylic acids is 1. The van der Waals surface area contributed by atoms with E-state index in [0.717, 1.165) is 18.1 Å². The second kappa shape index (κ2) is 6.27. The average molecular weight is 296 g/mol. The Morgan fingerprint density at radius 1 is 1.20 bits per heavy atom. The van der Waals surface area contributed by atoms with Crippen LogP contribution in [0.4, 0.5) is 0 Å². The van der Waals surface area contributed by atoms with Crippen molar-refractivity contribution < 1.29 is 4.79 Å². The fraction of sp³-hybridized carbons (Fsp3) is 0.938. The second-order valence-corrected chi connectivity index (χ2v) is 8.46. The molecule has 1 amide bonds. The lowest BCUT2D eigenvalue weighted by Gasteiger charge is -2.32. The lowest BCUT2D eigenvalue weighted by molar-refractivity contribution is -0.128. The third-order valence-corrected chi connectivity index (χ3v) is 6.89. The molecule has 114 valence electrons. The molecule has 4 heteroatoms. The van der Waals surface area contributed by atoms with Gasteiger partial charge in [0.15, 0.2) is 0 Å². The molecule has 3 rings (SSSR count). The van der Waals surface area contributed by atoms with Crippen LogP contribution in [-0.2, 0) is 4.79 Å². The van der Waals surface area contributed by atoms with Gasteiger partial charge in [0.1, 0.15) is 0 Å². The Balaban J connectivity index is 1.53. The number of carbonyl (C=O) groups is 1. The van der Waals surface area contributed by atoms with Crippen molar-refractivity contribution >= 4 is 17.7 Å². The van der Waals surface area contributed by atoms with Crippen LogP contribution in [0.5, 0.6) is 0 Å². The van der Waals surface area contributed by atoms with E-state index in [1.165, 1.54) is 37.9 Å². The molecule has 0 aliphatic heterocycles. The molecule has 0 radical (unpaired) electrons. The van der Waals surface area contributed by atoms with Gasteiger partial charge in [0.25, 0.3) is 0 Å². The number of nitrogens with one attached hydrogen (secondary N) is 1. The Morgan fingerprint density at radius 3 is 2.70 bits per heavy atom. The summed E-state index contributed by atoms with van der Waals surface area (Å²) in [4.78, 5) is 12.6. The molecular formula is C16H28N2OS. The molecule has 0 heterocycles. The standard InChI is InChI=1S/C16H28N2OS/c1-2-20-13-5-3-4-12(9-13)18-16(19)14-10-6-7-11(8-10)15(14)17/h10-15H,2-9,17H2,1H3,(H,18,19). The Morgan fingerprint density at radius 2 is 2.00 bits per heavy atom. The summed E-state index contributed by atoms with van der Waals surface area (Å²) in [5, 5.41) is 4.08. The highest BCUT2D eigenvalue weighted by Crippen LogP contribution is 2.47. The van der Waals surface area contributed by atoms with Gasteiger partial charge < -0.3 is 11.1 Å². The van der Waals surface area contributed by atoms with Crippen LogP contribution < -0.4 is 11.1 Å². The van der Waals surface area contributed by atoms with Crippen LogP contribution in [0, 0.1) is 17.8 Å². The van der Waals surface area contributed by atoms with Crippen molar-refractivity contribution in [3.05, 3.63) is 0 Å². The zero-order valence-electron chi connectivity index (χ0n) is 12.5. The highest BCUT2D eigenvalue weighted by Gasteiger charge is 2.49. The molecule has 6 unspecified atom stereocenters. The van der Waals surface area contributed by atoms with Gasteiger partial charge in [-0.2, -0.15) is 11.8 Å². The maximum absolute atomic E-state index is 12.6. The zero-order chi connectivity index (χ0) is 14.1. The summed E-state index contributed by atoms with van der Waals surface area (Å²) >= 11 is 2.05. The Bertz CT molecular complexity index is 358. The molecule has 0 aromatic rings. The van der Waals surface area contributed by atoms with E-state index in [2.05, 4.69) is 24.0 Å². The number of thioether (sulfide) groups is 1. The summed E-state index contributed by atoms with van der Waals surface area (Å²) in [6.45, 7) is 2.22. The predicted octanol–water partition coefficient (Wildman–Crippen LogP) is 2.54. The van der Waals surface area contributed by atoms with Crippen LogP contribution in [0.2, 0.25) is 0 Å².